The third-order valence-electron chi connectivity index (χ3n) is 3.95. The van der Waals surface area contributed by atoms with E-state index in [-0.39, 0.29) is 31.2 Å². The predicted molar refractivity (Wildman–Crippen MR) is 56.6 cm³/mol. The minimum absolute atomic E-state index is 0.117. The third-order valence-corrected chi connectivity index (χ3v) is 3.95. The molecule has 2 saturated heterocycles. The lowest BCUT2D eigenvalue weighted by Crippen LogP contribution is -2.54. The summed E-state index contributed by atoms with van der Waals surface area (Å²) in [7, 11) is 0. The molecule has 2 aliphatic rings. The zero-order valence-electron chi connectivity index (χ0n) is 9.81. The Bertz CT molecular complexity index is 318. The summed E-state index contributed by atoms with van der Waals surface area (Å²) < 4.78 is 37.1. The molecule has 17 heavy (non-hydrogen) atoms. The molecule has 0 radical (unpaired) electrons. The lowest BCUT2D eigenvalue weighted by Gasteiger charge is -2.41. The molecule has 2 fully saturated rings. The van der Waals surface area contributed by atoms with Gasteiger partial charge >= 0.3 is 6.18 Å². The number of hydrogen-bond donors (Lipinski definition) is 1. The molecule has 0 aromatic heterocycles. The molecule has 1 spiro atoms. The molecule has 98 valence electrons. The summed E-state index contributed by atoms with van der Waals surface area (Å²) in [6.07, 6.45) is -3.95. The summed E-state index contributed by atoms with van der Waals surface area (Å²) in [4.78, 5) is 13.4. The molecule has 0 aromatic carbocycles. The van der Waals surface area contributed by atoms with Crippen LogP contribution in [0.5, 0.6) is 0 Å². The second-order valence-corrected chi connectivity index (χ2v) is 5.19. The van der Waals surface area contributed by atoms with Gasteiger partial charge in [0.25, 0.3) is 0 Å². The van der Waals surface area contributed by atoms with Crippen molar-refractivity contribution < 1.29 is 18.0 Å². The van der Waals surface area contributed by atoms with E-state index >= 15 is 0 Å². The summed E-state index contributed by atoms with van der Waals surface area (Å²) >= 11 is 0. The van der Waals surface area contributed by atoms with Crippen LogP contribution in [0.25, 0.3) is 0 Å². The first-order chi connectivity index (χ1) is 7.83. The Hall–Kier alpha value is -0.620. The second-order valence-electron chi connectivity index (χ2n) is 5.19. The Morgan fingerprint density at radius 2 is 2.24 bits per heavy atom. The van der Waals surface area contributed by atoms with Gasteiger partial charge in [-0.25, -0.2) is 0 Å². The normalized spacial score (nSPS) is 35.8. The fourth-order valence-corrected chi connectivity index (χ4v) is 2.93. The van der Waals surface area contributed by atoms with Crippen LogP contribution in [0.1, 0.15) is 13.3 Å². The zero-order chi connectivity index (χ0) is 12.7. The van der Waals surface area contributed by atoms with Gasteiger partial charge in [-0.15, -0.1) is 0 Å². The first-order valence-corrected chi connectivity index (χ1v) is 5.87. The Balaban J connectivity index is 2.09. The molecule has 0 saturated carbocycles. The highest BCUT2D eigenvalue weighted by Gasteiger charge is 2.50. The first kappa shape index (κ1) is 12.8. The van der Waals surface area contributed by atoms with Crippen molar-refractivity contribution >= 4 is 5.78 Å². The fraction of sp³-hybridized carbons (Fsp3) is 0.909. The van der Waals surface area contributed by atoms with Crippen molar-refractivity contribution in [2.24, 2.45) is 11.3 Å². The van der Waals surface area contributed by atoms with Crippen LogP contribution in [0.15, 0.2) is 0 Å². The standard InChI is InChI=1S/C11H17F3N2O/c1-8-4-15-5-10(8)6-16(3-2-9(10)17)7-11(12,13)14/h8,15H,2-7H2,1H3. The SMILES string of the molecule is CC1CNCC12CN(CC(F)(F)F)CCC2=O. The maximum absolute atomic E-state index is 12.4. The van der Waals surface area contributed by atoms with Crippen LogP contribution in [0.2, 0.25) is 0 Å². The summed E-state index contributed by atoms with van der Waals surface area (Å²) in [6, 6.07) is 0. The molecule has 2 aliphatic heterocycles. The van der Waals surface area contributed by atoms with Gasteiger partial charge < -0.3 is 5.32 Å². The monoisotopic (exact) mass is 250 g/mol. The number of likely N-dealkylation sites (tertiary alicyclic amines) is 1. The number of nitrogens with zero attached hydrogens (tertiary/aromatic N) is 1. The van der Waals surface area contributed by atoms with Gasteiger partial charge in [-0.3, -0.25) is 9.69 Å². The summed E-state index contributed by atoms with van der Waals surface area (Å²) in [6.45, 7) is 2.73. The van der Waals surface area contributed by atoms with Crippen molar-refractivity contribution in [3.8, 4) is 0 Å². The van der Waals surface area contributed by atoms with Crippen molar-refractivity contribution in [1.82, 2.24) is 10.2 Å². The Morgan fingerprint density at radius 3 is 2.76 bits per heavy atom. The molecule has 0 amide bonds. The topological polar surface area (TPSA) is 32.3 Å². The van der Waals surface area contributed by atoms with Gasteiger partial charge in [0, 0.05) is 26.1 Å². The summed E-state index contributed by atoms with van der Waals surface area (Å²) in [5.41, 5.74) is -0.594. The number of carbonyl (C=O) groups excluding carboxylic acids is 1. The number of alkyl halides is 3. The fourth-order valence-electron chi connectivity index (χ4n) is 2.93. The number of Topliss-reactive ketones (excluding diaryl/α,β-unsaturated/α-hetero) is 1. The molecule has 6 heteroatoms. The van der Waals surface area contributed by atoms with E-state index < -0.39 is 18.1 Å². The average Bonchev–Trinajstić information content (AvgIpc) is 2.53. The average molecular weight is 250 g/mol. The van der Waals surface area contributed by atoms with Crippen LogP contribution in [-0.4, -0.2) is 49.6 Å². The van der Waals surface area contributed by atoms with Gasteiger partial charge in [-0.1, -0.05) is 6.92 Å². The van der Waals surface area contributed by atoms with Crippen molar-refractivity contribution in [3.05, 3.63) is 0 Å². The molecule has 0 aliphatic carbocycles. The van der Waals surface area contributed by atoms with Crippen LogP contribution >= 0.6 is 0 Å². The van der Waals surface area contributed by atoms with E-state index in [1.54, 1.807) is 0 Å². The van der Waals surface area contributed by atoms with E-state index in [0.29, 0.717) is 13.1 Å². The number of piperidine rings is 1. The van der Waals surface area contributed by atoms with Gasteiger partial charge in [-0.2, -0.15) is 13.2 Å². The van der Waals surface area contributed by atoms with Gasteiger partial charge in [-0.05, 0) is 12.5 Å². The predicted octanol–water partition coefficient (Wildman–Crippen LogP) is 1.05. The number of halogens is 3. The third kappa shape index (κ3) is 2.47. The highest BCUT2D eigenvalue weighted by Crippen LogP contribution is 2.37. The van der Waals surface area contributed by atoms with E-state index in [1.807, 2.05) is 6.92 Å². The Labute approximate surface area is 98.3 Å². The van der Waals surface area contributed by atoms with Crippen molar-refractivity contribution in [2.45, 2.75) is 19.5 Å². The molecule has 3 nitrogen and oxygen atoms in total. The molecule has 2 heterocycles. The summed E-state index contributed by atoms with van der Waals surface area (Å²) in [5, 5.41) is 3.12. The van der Waals surface area contributed by atoms with Crippen LogP contribution in [0.4, 0.5) is 13.2 Å². The number of nitrogens with one attached hydrogen (secondary N) is 1. The maximum atomic E-state index is 12.4. The molecule has 0 aromatic rings. The molecular formula is C11H17F3N2O. The zero-order valence-corrected chi connectivity index (χ0v) is 9.81. The van der Waals surface area contributed by atoms with E-state index in [2.05, 4.69) is 5.32 Å². The number of carbonyl (C=O) groups is 1. The van der Waals surface area contributed by atoms with Crippen molar-refractivity contribution in [2.75, 3.05) is 32.7 Å². The molecule has 0 bridgehead atoms. The Kier molecular flexibility index (Phi) is 3.20. The van der Waals surface area contributed by atoms with E-state index in [9.17, 15) is 18.0 Å². The molecule has 2 atom stereocenters. The molecule has 2 unspecified atom stereocenters. The quantitative estimate of drug-likeness (QED) is 0.755. The lowest BCUT2D eigenvalue weighted by atomic mass is 9.72. The van der Waals surface area contributed by atoms with Crippen LogP contribution in [-0.2, 0) is 4.79 Å². The highest BCUT2D eigenvalue weighted by molar-refractivity contribution is 5.87. The largest absolute Gasteiger partial charge is 0.401 e. The van der Waals surface area contributed by atoms with Gasteiger partial charge in [0.05, 0.1) is 12.0 Å². The van der Waals surface area contributed by atoms with Crippen LogP contribution < -0.4 is 5.32 Å². The smallest absolute Gasteiger partial charge is 0.315 e. The Morgan fingerprint density at radius 1 is 1.53 bits per heavy atom. The minimum Gasteiger partial charge on any atom is -0.315 e. The molecule has 1 N–H and O–H groups in total. The van der Waals surface area contributed by atoms with E-state index in [4.69, 9.17) is 0 Å². The molecule has 2 rings (SSSR count). The van der Waals surface area contributed by atoms with Crippen molar-refractivity contribution in [3.63, 3.8) is 0 Å². The number of ketones is 1. The van der Waals surface area contributed by atoms with E-state index in [1.165, 1.54) is 4.90 Å². The number of hydrogen-bond acceptors (Lipinski definition) is 3. The van der Waals surface area contributed by atoms with Gasteiger partial charge in [0.1, 0.15) is 5.78 Å². The minimum atomic E-state index is -4.18. The maximum Gasteiger partial charge on any atom is 0.401 e. The second kappa shape index (κ2) is 4.24. The van der Waals surface area contributed by atoms with Gasteiger partial charge in [0.15, 0.2) is 0 Å². The van der Waals surface area contributed by atoms with Crippen LogP contribution in [0.3, 0.4) is 0 Å². The highest BCUT2D eigenvalue weighted by atomic mass is 19.4. The van der Waals surface area contributed by atoms with Crippen LogP contribution in [0, 0.1) is 11.3 Å². The molecular weight excluding hydrogens is 233 g/mol. The van der Waals surface area contributed by atoms with E-state index in [0.717, 1.165) is 0 Å². The van der Waals surface area contributed by atoms with Crippen molar-refractivity contribution in [1.29, 1.82) is 0 Å². The summed E-state index contributed by atoms with van der Waals surface area (Å²) in [5.74, 6) is 0.236. The first-order valence-electron chi connectivity index (χ1n) is 5.87. The number of rotatable bonds is 1. The lowest BCUT2D eigenvalue weighted by molar-refractivity contribution is -0.159. The van der Waals surface area contributed by atoms with Gasteiger partial charge in [0.2, 0.25) is 0 Å².